The van der Waals surface area contributed by atoms with Crippen molar-refractivity contribution in [3.05, 3.63) is 85.1 Å². The topological polar surface area (TPSA) is 155 Å². The summed E-state index contributed by atoms with van der Waals surface area (Å²) in [6.07, 6.45) is 58.3. The van der Waals surface area contributed by atoms with Crippen molar-refractivity contribution in [2.24, 2.45) is 0 Å². The van der Waals surface area contributed by atoms with Gasteiger partial charge in [-0.2, -0.15) is 0 Å². The van der Waals surface area contributed by atoms with Crippen LogP contribution in [0, 0.1) is 0 Å². The molecule has 12 heteroatoms. The Bertz CT molecular complexity index is 1500. The van der Waals surface area contributed by atoms with Crippen molar-refractivity contribution in [3.63, 3.8) is 0 Å². The number of ether oxygens (including phenoxy) is 3. The summed E-state index contributed by atoms with van der Waals surface area (Å²) in [5, 5.41) is 9.79. The third-order valence-electron chi connectivity index (χ3n) is 11.3. The summed E-state index contributed by atoms with van der Waals surface area (Å²) in [6.45, 7) is 4.40. The van der Waals surface area contributed by atoms with E-state index in [4.69, 9.17) is 23.3 Å². The van der Waals surface area contributed by atoms with Gasteiger partial charge in [-0.25, -0.2) is 4.57 Å². The fraction of sp³-hybridized carbons (Fsp3) is 0.707. The molecule has 402 valence electrons. The number of carbonyl (C=O) groups is 3. The van der Waals surface area contributed by atoms with E-state index in [-0.39, 0.29) is 25.9 Å². The van der Waals surface area contributed by atoms with Crippen molar-refractivity contribution in [1.82, 2.24) is 0 Å². The number of rotatable bonds is 50. The maximum atomic E-state index is 12.9. The molecule has 0 fully saturated rings. The maximum Gasteiger partial charge on any atom is 0.472 e. The summed E-state index contributed by atoms with van der Waals surface area (Å²) in [4.78, 5) is 48.4. The van der Waals surface area contributed by atoms with Crippen LogP contribution < -0.4 is 0 Å². The normalized spacial score (nSPS) is 14.1. The molecule has 0 aromatic rings. The van der Waals surface area contributed by atoms with Crippen LogP contribution in [0.4, 0.5) is 0 Å². The second-order valence-electron chi connectivity index (χ2n) is 18.0. The molecule has 70 heavy (non-hydrogen) atoms. The van der Waals surface area contributed by atoms with E-state index in [0.717, 1.165) is 135 Å². The van der Waals surface area contributed by atoms with Crippen LogP contribution in [0.2, 0.25) is 0 Å². The molecule has 0 aromatic carbocycles. The van der Waals surface area contributed by atoms with E-state index in [0.29, 0.717) is 19.3 Å². The van der Waals surface area contributed by atoms with Crippen LogP contribution in [-0.2, 0) is 42.2 Å². The van der Waals surface area contributed by atoms with E-state index in [1.165, 1.54) is 32.1 Å². The number of unbranched alkanes of at least 4 members (excludes halogenated alkanes) is 19. The van der Waals surface area contributed by atoms with E-state index in [2.05, 4.69) is 106 Å². The number of carbonyl (C=O) groups excluding carboxylic acids is 3. The monoisotopic (exact) mass is 1000 g/mol. The van der Waals surface area contributed by atoms with Gasteiger partial charge in [0.2, 0.25) is 0 Å². The third kappa shape index (κ3) is 49.6. The fourth-order valence-corrected chi connectivity index (χ4v) is 7.85. The lowest BCUT2D eigenvalue weighted by molar-refractivity contribution is -0.161. The standard InChI is InChI=1S/C58H99O11P/c1-4-7-10-13-16-19-22-24-26-27-29-31-34-37-40-43-46-49-58(62)69-55(51-65-56(60)47-44-41-38-35-32-21-18-15-12-9-6-3)53-67-70(63,64)66-52-54(50-59)68-57(61)48-45-42-39-36-33-30-28-25-23-20-17-14-11-8-5-2/h7,10,15-20,24-26,28-29,31,54-55,59H,4-6,8-9,11-14,21-23,27,30,32-53H2,1-3H3,(H,63,64)/b10-7-,18-15-,19-16-,20-17-,26-24-,28-25-,31-29-. The number of hydrogen-bond donors (Lipinski definition) is 2. The van der Waals surface area contributed by atoms with E-state index in [9.17, 15) is 28.9 Å². The molecule has 3 unspecified atom stereocenters. The van der Waals surface area contributed by atoms with Gasteiger partial charge in [0.05, 0.1) is 19.8 Å². The zero-order valence-corrected chi connectivity index (χ0v) is 45.1. The first-order valence-electron chi connectivity index (χ1n) is 27.5. The minimum absolute atomic E-state index is 0.134. The van der Waals surface area contributed by atoms with Gasteiger partial charge < -0.3 is 24.2 Å². The molecule has 11 nitrogen and oxygen atoms in total. The summed E-state index contributed by atoms with van der Waals surface area (Å²) >= 11 is 0. The van der Waals surface area contributed by atoms with Crippen LogP contribution >= 0.6 is 7.82 Å². The van der Waals surface area contributed by atoms with Gasteiger partial charge in [-0.15, -0.1) is 0 Å². The molecule has 0 rings (SSSR count). The number of phosphoric acid groups is 1. The highest BCUT2D eigenvalue weighted by Crippen LogP contribution is 2.43. The Labute approximate surface area is 426 Å². The highest BCUT2D eigenvalue weighted by Gasteiger charge is 2.28. The zero-order valence-electron chi connectivity index (χ0n) is 44.2. The first-order valence-corrected chi connectivity index (χ1v) is 29.0. The Morgan fingerprint density at radius 2 is 0.757 bits per heavy atom. The maximum absolute atomic E-state index is 12.9. The quantitative estimate of drug-likeness (QED) is 0.0197. The van der Waals surface area contributed by atoms with E-state index in [1.54, 1.807) is 0 Å². The van der Waals surface area contributed by atoms with Crippen molar-refractivity contribution in [2.75, 3.05) is 26.4 Å². The lowest BCUT2D eigenvalue weighted by Crippen LogP contribution is -2.30. The Hall–Kier alpha value is -3.34. The van der Waals surface area contributed by atoms with Crippen LogP contribution in [0.5, 0.6) is 0 Å². The van der Waals surface area contributed by atoms with Gasteiger partial charge in [-0.1, -0.05) is 183 Å². The molecule has 0 aliphatic heterocycles. The minimum atomic E-state index is -4.76. The highest BCUT2D eigenvalue weighted by atomic mass is 31.2. The number of hydrogen-bond acceptors (Lipinski definition) is 10. The van der Waals surface area contributed by atoms with Crippen LogP contribution in [0.3, 0.4) is 0 Å². The first kappa shape index (κ1) is 66.7. The molecule has 0 aliphatic carbocycles. The first-order chi connectivity index (χ1) is 34.2. The van der Waals surface area contributed by atoms with Crippen LogP contribution in [0.1, 0.15) is 226 Å². The molecule has 0 saturated heterocycles. The van der Waals surface area contributed by atoms with Gasteiger partial charge in [-0.3, -0.25) is 23.4 Å². The van der Waals surface area contributed by atoms with Crippen molar-refractivity contribution in [1.29, 1.82) is 0 Å². The SMILES string of the molecule is CC/C=C\C/C=C\C/C=C\C/C=C\CCCCCCC(=O)OC(COC(=O)CCCCCCC/C=C\CCCC)COP(=O)(O)OCC(CO)OC(=O)CCCCCCC/C=C\C/C=C\CCCCC. The number of aliphatic hydroxyl groups excluding tert-OH is 1. The smallest absolute Gasteiger partial charge is 0.462 e. The van der Waals surface area contributed by atoms with E-state index in [1.807, 2.05) is 0 Å². The number of phosphoric ester groups is 1. The molecule has 0 aromatic heterocycles. The molecule has 0 bridgehead atoms. The Kier molecular flexibility index (Phi) is 49.5. The van der Waals surface area contributed by atoms with Gasteiger partial charge in [0.25, 0.3) is 0 Å². The molecular weight excluding hydrogens is 904 g/mol. The Balaban J connectivity index is 4.77. The summed E-state index contributed by atoms with van der Waals surface area (Å²) in [7, 11) is -4.76. The van der Waals surface area contributed by atoms with Crippen molar-refractivity contribution < 1.29 is 52.2 Å². The molecule has 3 atom stereocenters. The number of allylic oxidation sites excluding steroid dienone is 14. The second-order valence-corrected chi connectivity index (χ2v) is 19.5. The van der Waals surface area contributed by atoms with Gasteiger partial charge in [-0.05, 0) is 109 Å². The largest absolute Gasteiger partial charge is 0.472 e. The zero-order chi connectivity index (χ0) is 51.3. The molecule has 2 N–H and O–H groups in total. The van der Waals surface area contributed by atoms with Crippen LogP contribution in [0.25, 0.3) is 0 Å². The average Bonchev–Trinajstić information content (AvgIpc) is 3.35. The van der Waals surface area contributed by atoms with Crippen LogP contribution in [-0.4, -0.2) is 66.5 Å². The lowest BCUT2D eigenvalue weighted by Gasteiger charge is -2.21. The Morgan fingerprint density at radius 3 is 1.20 bits per heavy atom. The summed E-state index contributed by atoms with van der Waals surface area (Å²) in [5.41, 5.74) is 0. The molecular formula is C58H99O11P. The molecule has 0 spiro atoms. The molecule has 0 radical (unpaired) electrons. The summed E-state index contributed by atoms with van der Waals surface area (Å²) in [5.74, 6) is -1.52. The molecule has 0 heterocycles. The van der Waals surface area contributed by atoms with E-state index >= 15 is 0 Å². The molecule has 0 aliphatic rings. The van der Waals surface area contributed by atoms with Gasteiger partial charge >= 0.3 is 25.7 Å². The average molecular weight is 1000 g/mol. The number of esters is 3. The summed E-state index contributed by atoms with van der Waals surface area (Å²) < 4.78 is 39.4. The van der Waals surface area contributed by atoms with Gasteiger partial charge in [0.1, 0.15) is 12.7 Å². The van der Waals surface area contributed by atoms with E-state index < -0.39 is 57.8 Å². The van der Waals surface area contributed by atoms with Crippen molar-refractivity contribution in [2.45, 2.75) is 238 Å². The van der Waals surface area contributed by atoms with Crippen molar-refractivity contribution >= 4 is 25.7 Å². The van der Waals surface area contributed by atoms with Gasteiger partial charge in [0.15, 0.2) is 6.10 Å². The Morgan fingerprint density at radius 1 is 0.414 bits per heavy atom. The van der Waals surface area contributed by atoms with Crippen LogP contribution in [0.15, 0.2) is 85.1 Å². The predicted molar refractivity (Wildman–Crippen MR) is 288 cm³/mol. The predicted octanol–water partition coefficient (Wildman–Crippen LogP) is 15.9. The molecule has 0 amide bonds. The second kappa shape index (κ2) is 52.0. The van der Waals surface area contributed by atoms with Gasteiger partial charge in [0, 0.05) is 19.3 Å². The summed E-state index contributed by atoms with van der Waals surface area (Å²) in [6, 6.07) is 0. The number of aliphatic hydroxyl groups is 1. The third-order valence-corrected chi connectivity index (χ3v) is 12.2. The highest BCUT2D eigenvalue weighted by molar-refractivity contribution is 7.47. The minimum Gasteiger partial charge on any atom is -0.462 e. The lowest BCUT2D eigenvalue weighted by atomic mass is 10.1. The molecule has 0 saturated carbocycles. The fourth-order valence-electron chi connectivity index (χ4n) is 7.06. The van der Waals surface area contributed by atoms with Crippen molar-refractivity contribution in [3.8, 4) is 0 Å².